The molecule has 0 spiro atoms. The largest absolute Gasteiger partial charge is 0.353 e. The van der Waals surface area contributed by atoms with Crippen LogP contribution in [0.25, 0.3) is 0 Å². The summed E-state index contributed by atoms with van der Waals surface area (Å²) < 4.78 is 13.8. The molecular weight excluding hydrogens is 227 g/mol. The van der Waals surface area contributed by atoms with Crippen molar-refractivity contribution in [1.29, 1.82) is 0 Å². The summed E-state index contributed by atoms with van der Waals surface area (Å²) in [5.74, 6) is -0.274. The van der Waals surface area contributed by atoms with Gasteiger partial charge < -0.3 is 11.1 Å². The molecular formula is C15H17FN2. The Morgan fingerprint density at radius 3 is 2.56 bits per heavy atom. The van der Waals surface area contributed by atoms with Crippen LogP contribution in [-0.2, 0) is 13.0 Å². The van der Waals surface area contributed by atoms with Gasteiger partial charge in [0.1, 0.15) is 5.82 Å². The van der Waals surface area contributed by atoms with Gasteiger partial charge in [0.25, 0.3) is 0 Å². The highest BCUT2D eigenvalue weighted by atomic mass is 19.1. The van der Waals surface area contributed by atoms with Crippen LogP contribution in [0.2, 0.25) is 0 Å². The highest BCUT2D eigenvalue weighted by Gasteiger charge is 2.05. The Balaban J connectivity index is 2.28. The molecule has 18 heavy (non-hydrogen) atoms. The van der Waals surface area contributed by atoms with Crippen molar-refractivity contribution in [3.63, 3.8) is 0 Å². The third-order valence-electron chi connectivity index (χ3n) is 2.94. The van der Waals surface area contributed by atoms with E-state index in [1.807, 2.05) is 30.3 Å². The first-order valence-electron chi connectivity index (χ1n) is 6.08. The smallest absolute Gasteiger partial charge is 0.146 e. The minimum Gasteiger partial charge on any atom is -0.353 e. The first-order chi connectivity index (χ1) is 8.74. The summed E-state index contributed by atoms with van der Waals surface area (Å²) in [6.45, 7) is 2.43. The lowest BCUT2D eigenvalue weighted by molar-refractivity contribution is 0.629. The minimum absolute atomic E-state index is 0.274. The molecule has 0 saturated carbocycles. The molecule has 3 N–H and O–H groups in total. The Labute approximate surface area is 107 Å². The van der Waals surface area contributed by atoms with Crippen LogP contribution in [0.4, 0.5) is 15.8 Å². The molecule has 0 unspecified atom stereocenters. The van der Waals surface area contributed by atoms with E-state index < -0.39 is 0 Å². The average molecular weight is 244 g/mol. The molecule has 0 radical (unpaired) electrons. The van der Waals surface area contributed by atoms with Gasteiger partial charge in [-0.2, -0.15) is 0 Å². The van der Waals surface area contributed by atoms with E-state index in [9.17, 15) is 4.39 Å². The van der Waals surface area contributed by atoms with Gasteiger partial charge in [-0.05, 0) is 35.7 Å². The van der Waals surface area contributed by atoms with Crippen LogP contribution in [-0.4, -0.2) is 0 Å². The van der Waals surface area contributed by atoms with Gasteiger partial charge in [0, 0.05) is 12.2 Å². The second-order valence-electron chi connectivity index (χ2n) is 4.15. The van der Waals surface area contributed by atoms with Crippen molar-refractivity contribution in [2.75, 3.05) is 5.32 Å². The number of rotatable bonds is 4. The van der Waals surface area contributed by atoms with Crippen LogP contribution >= 0.6 is 0 Å². The summed E-state index contributed by atoms with van der Waals surface area (Å²) in [5, 5.41) is 3.13. The summed E-state index contributed by atoms with van der Waals surface area (Å²) in [7, 11) is 0. The standard InChI is InChI=1S/C15H17FN2/c1-2-12-5-3-4-6-14(12)18-15-8-7-11(10-17)9-13(15)16/h3-9,18H,2,10,17H2,1H3. The van der Waals surface area contributed by atoms with E-state index in [4.69, 9.17) is 5.73 Å². The molecule has 3 heteroatoms. The summed E-state index contributed by atoms with van der Waals surface area (Å²) in [6.07, 6.45) is 0.908. The van der Waals surface area contributed by atoms with Crippen molar-refractivity contribution >= 4 is 11.4 Å². The number of hydrogen-bond donors (Lipinski definition) is 2. The van der Waals surface area contributed by atoms with Crippen molar-refractivity contribution in [2.24, 2.45) is 5.73 Å². The molecule has 2 aromatic rings. The second-order valence-corrected chi connectivity index (χ2v) is 4.15. The molecule has 0 aromatic heterocycles. The van der Waals surface area contributed by atoms with Crippen molar-refractivity contribution in [3.05, 3.63) is 59.4 Å². The molecule has 0 aliphatic carbocycles. The zero-order valence-corrected chi connectivity index (χ0v) is 10.4. The number of aryl methyl sites for hydroxylation is 1. The van der Waals surface area contributed by atoms with Gasteiger partial charge in [-0.25, -0.2) is 4.39 Å². The highest BCUT2D eigenvalue weighted by molar-refractivity contribution is 5.63. The molecule has 0 aliphatic rings. The second kappa shape index (κ2) is 5.65. The maximum atomic E-state index is 13.8. The third kappa shape index (κ3) is 2.68. The van der Waals surface area contributed by atoms with Crippen LogP contribution in [0.3, 0.4) is 0 Å². The van der Waals surface area contributed by atoms with Gasteiger partial charge in [0.05, 0.1) is 5.69 Å². The van der Waals surface area contributed by atoms with Crippen molar-refractivity contribution < 1.29 is 4.39 Å². The summed E-state index contributed by atoms with van der Waals surface area (Å²) in [4.78, 5) is 0. The van der Waals surface area contributed by atoms with Crippen LogP contribution in [0.1, 0.15) is 18.1 Å². The van der Waals surface area contributed by atoms with Gasteiger partial charge in [0.2, 0.25) is 0 Å². The van der Waals surface area contributed by atoms with E-state index in [1.165, 1.54) is 11.6 Å². The highest BCUT2D eigenvalue weighted by Crippen LogP contribution is 2.24. The quantitative estimate of drug-likeness (QED) is 0.862. The lowest BCUT2D eigenvalue weighted by Crippen LogP contribution is -2.00. The van der Waals surface area contributed by atoms with Gasteiger partial charge >= 0.3 is 0 Å². The monoisotopic (exact) mass is 244 g/mol. The number of para-hydroxylation sites is 1. The lowest BCUT2D eigenvalue weighted by atomic mass is 10.1. The zero-order valence-electron chi connectivity index (χ0n) is 10.4. The predicted molar refractivity (Wildman–Crippen MR) is 73.4 cm³/mol. The van der Waals surface area contributed by atoms with E-state index in [1.54, 1.807) is 6.07 Å². The number of halogens is 1. The van der Waals surface area contributed by atoms with E-state index in [2.05, 4.69) is 12.2 Å². The Kier molecular flexibility index (Phi) is 3.95. The van der Waals surface area contributed by atoms with Crippen LogP contribution in [0.15, 0.2) is 42.5 Å². The number of anilines is 2. The molecule has 0 bridgehead atoms. The molecule has 0 saturated heterocycles. The fourth-order valence-corrected chi connectivity index (χ4v) is 1.88. The lowest BCUT2D eigenvalue weighted by Gasteiger charge is -2.12. The van der Waals surface area contributed by atoms with Gasteiger partial charge in [-0.15, -0.1) is 0 Å². The van der Waals surface area contributed by atoms with E-state index >= 15 is 0 Å². The molecule has 0 aliphatic heterocycles. The maximum absolute atomic E-state index is 13.8. The van der Waals surface area contributed by atoms with Gasteiger partial charge in [-0.3, -0.25) is 0 Å². The maximum Gasteiger partial charge on any atom is 0.146 e. The molecule has 2 nitrogen and oxygen atoms in total. The molecule has 94 valence electrons. The Morgan fingerprint density at radius 1 is 1.11 bits per heavy atom. The fraction of sp³-hybridized carbons (Fsp3) is 0.200. The van der Waals surface area contributed by atoms with Gasteiger partial charge in [0.15, 0.2) is 0 Å². The molecule has 0 fully saturated rings. The van der Waals surface area contributed by atoms with Crippen LogP contribution in [0.5, 0.6) is 0 Å². The van der Waals surface area contributed by atoms with Crippen LogP contribution < -0.4 is 11.1 Å². The normalized spacial score (nSPS) is 10.4. The summed E-state index contributed by atoms with van der Waals surface area (Å²) in [5.41, 5.74) is 8.86. The van der Waals surface area contributed by atoms with Crippen molar-refractivity contribution in [2.45, 2.75) is 19.9 Å². The number of nitrogens with two attached hydrogens (primary N) is 1. The average Bonchev–Trinajstić information content (AvgIpc) is 2.41. The van der Waals surface area contributed by atoms with E-state index in [-0.39, 0.29) is 5.82 Å². The first kappa shape index (κ1) is 12.6. The fourth-order valence-electron chi connectivity index (χ4n) is 1.88. The molecule has 0 amide bonds. The van der Waals surface area contributed by atoms with Crippen molar-refractivity contribution in [3.8, 4) is 0 Å². The SMILES string of the molecule is CCc1ccccc1Nc1ccc(CN)cc1F. The molecule has 0 heterocycles. The van der Waals surface area contributed by atoms with Crippen molar-refractivity contribution in [1.82, 2.24) is 0 Å². The third-order valence-corrected chi connectivity index (χ3v) is 2.94. The Hall–Kier alpha value is -1.87. The number of hydrogen-bond acceptors (Lipinski definition) is 2. The number of benzene rings is 2. The summed E-state index contributed by atoms with van der Waals surface area (Å²) in [6, 6.07) is 12.9. The molecule has 0 atom stereocenters. The topological polar surface area (TPSA) is 38.0 Å². The molecule has 2 aromatic carbocycles. The van der Waals surface area contributed by atoms with Crippen LogP contribution in [0, 0.1) is 5.82 Å². The van der Waals surface area contributed by atoms with E-state index in [0.29, 0.717) is 12.2 Å². The Bertz CT molecular complexity index is 538. The van der Waals surface area contributed by atoms with Gasteiger partial charge in [-0.1, -0.05) is 31.2 Å². The zero-order chi connectivity index (χ0) is 13.0. The minimum atomic E-state index is -0.274. The molecule has 2 rings (SSSR count). The predicted octanol–water partition coefficient (Wildman–Crippen LogP) is 3.59. The van der Waals surface area contributed by atoms with E-state index in [0.717, 1.165) is 17.7 Å². The summed E-state index contributed by atoms with van der Waals surface area (Å²) >= 11 is 0. The first-order valence-corrected chi connectivity index (χ1v) is 6.08. The Morgan fingerprint density at radius 2 is 1.89 bits per heavy atom. The number of nitrogens with one attached hydrogen (secondary N) is 1.